The van der Waals surface area contributed by atoms with Gasteiger partial charge in [0.15, 0.2) is 11.5 Å². The van der Waals surface area contributed by atoms with Crippen LogP contribution in [0.2, 0.25) is 0 Å². The molecule has 3 aliphatic carbocycles. The van der Waals surface area contributed by atoms with Gasteiger partial charge < -0.3 is 24.4 Å². The van der Waals surface area contributed by atoms with Gasteiger partial charge in [-0.3, -0.25) is 4.79 Å². The van der Waals surface area contributed by atoms with Crippen LogP contribution < -0.4 is 14.8 Å². The van der Waals surface area contributed by atoms with Crippen LogP contribution >= 0.6 is 0 Å². The van der Waals surface area contributed by atoms with Crippen LogP contribution in [0.4, 0.5) is 13.2 Å². The molecule has 2 aliphatic heterocycles. The van der Waals surface area contributed by atoms with E-state index >= 15 is 0 Å². The Labute approximate surface area is 256 Å². The van der Waals surface area contributed by atoms with Crippen LogP contribution in [0.15, 0.2) is 30.3 Å². The maximum absolute atomic E-state index is 13.1. The summed E-state index contributed by atoms with van der Waals surface area (Å²) in [6.45, 7) is 7.99. The molecule has 6 nitrogen and oxygen atoms in total. The summed E-state index contributed by atoms with van der Waals surface area (Å²) in [7, 11) is 1.58. The third-order valence-electron chi connectivity index (χ3n) is 11.0. The van der Waals surface area contributed by atoms with Gasteiger partial charge in [-0.15, -0.1) is 0 Å². The van der Waals surface area contributed by atoms with Gasteiger partial charge in [0.25, 0.3) is 5.91 Å². The van der Waals surface area contributed by atoms with E-state index in [1.54, 1.807) is 13.2 Å². The lowest BCUT2D eigenvalue weighted by Crippen LogP contribution is -2.75. The molecule has 7 rings (SSSR count). The first-order valence-electron chi connectivity index (χ1n) is 15.9. The molecule has 2 saturated carbocycles. The van der Waals surface area contributed by atoms with Gasteiger partial charge in [-0.1, -0.05) is 19.8 Å². The van der Waals surface area contributed by atoms with Crippen molar-refractivity contribution in [3.05, 3.63) is 52.6 Å². The van der Waals surface area contributed by atoms with E-state index in [1.807, 2.05) is 0 Å². The van der Waals surface area contributed by atoms with E-state index in [9.17, 15) is 23.1 Å². The number of hydrogen-bond acceptors (Lipinski definition) is 4. The maximum Gasteiger partial charge on any atom is 0.416 e. The molecule has 2 bridgehead atoms. The number of carbonyl (C=O) groups is 1. The summed E-state index contributed by atoms with van der Waals surface area (Å²) in [6.07, 6.45) is 1.25. The van der Waals surface area contributed by atoms with E-state index in [0.717, 1.165) is 72.4 Å². The summed E-state index contributed by atoms with van der Waals surface area (Å²) in [5.41, 5.74) is 1.28. The summed E-state index contributed by atoms with van der Waals surface area (Å²) >= 11 is 0. The number of hydrogen-bond donors (Lipinski definition) is 2. The maximum atomic E-state index is 13.1. The van der Waals surface area contributed by atoms with E-state index in [0.29, 0.717) is 34.9 Å². The average Bonchev–Trinajstić information content (AvgIpc) is 3.72. The van der Waals surface area contributed by atoms with Gasteiger partial charge in [0.2, 0.25) is 0 Å². The Morgan fingerprint density at radius 1 is 1.20 bits per heavy atom. The van der Waals surface area contributed by atoms with Crippen molar-refractivity contribution in [2.75, 3.05) is 26.7 Å². The smallest absolute Gasteiger partial charge is 0.416 e. The number of likely N-dealkylation sites (tertiary alicyclic amines) is 1. The van der Waals surface area contributed by atoms with Gasteiger partial charge in [-0.2, -0.15) is 13.2 Å². The van der Waals surface area contributed by atoms with E-state index in [1.165, 1.54) is 31.5 Å². The van der Waals surface area contributed by atoms with Gasteiger partial charge in [-0.05, 0) is 49.9 Å². The molecule has 2 N–H and O–H groups in total. The first-order valence-corrected chi connectivity index (χ1v) is 15.9. The number of ether oxygens (including phenoxy) is 2. The third kappa shape index (κ3) is 4.63. The predicted molar refractivity (Wildman–Crippen MR) is 158 cm³/mol. The van der Waals surface area contributed by atoms with Gasteiger partial charge in [0, 0.05) is 59.3 Å². The zero-order valence-electron chi connectivity index (χ0n) is 25.5. The molecular formula is C35H40F3N2O4+. The first kappa shape index (κ1) is 29.3. The van der Waals surface area contributed by atoms with Crippen molar-refractivity contribution >= 4 is 5.91 Å². The van der Waals surface area contributed by atoms with E-state index in [2.05, 4.69) is 31.0 Å². The van der Waals surface area contributed by atoms with Gasteiger partial charge >= 0.3 is 6.18 Å². The monoisotopic (exact) mass is 609 g/mol. The Bertz CT molecular complexity index is 1530. The van der Waals surface area contributed by atoms with Crippen molar-refractivity contribution in [1.29, 1.82) is 0 Å². The van der Waals surface area contributed by atoms with Crippen LogP contribution in [0.1, 0.15) is 68.2 Å². The lowest BCUT2D eigenvalue weighted by Gasteiger charge is -2.63. The number of carbonyl (C=O) groups excluding carboxylic acids is 1. The molecule has 0 aromatic heterocycles. The zero-order chi connectivity index (χ0) is 31.0. The van der Waals surface area contributed by atoms with Crippen LogP contribution in [0.5, 0.6) is 17.2 Å². The lowest BCUT2D eigenvalue weighted by atomic mass is 9.50. The molecule has 0 radical (unpaired) electrons. The van der Waals surface area contributed by atoms with Gasteiger partial charge in [0.1, 0.15) is 11.9 Å². The summed E-state index contributed by atoms with van der Waals surface area (Å²) in [5.74, 6) is 7.96. The highest BCUT2D eigenvalue weighted by Gasteiger charge is 2.70. The molecule has 1 saturated heterocycles. The number of nitrogens with one attached hydrogen (secondary N) is 1. The number of phenols is 1. The number of amides is 1. The van der Waals surface area contributed by atoms with Crippen LogP contribution in [0.3, 0.4) is 0 Å². The molecule has 1 unspecified atom stereocenters. The highest BCUT2D eigenvalue weighted by Crippen LogP contribution is 2.66. The number of aromatic hydroxyl groups is 1. The van der Waals surface area contributed by atoms with Crippen LogP contribution in [-0.4, -0.2) is 60.4 Å². The van der Waals surface area contributed by atoms with Crippen molar-refractivity contribution in [3.63, 3.8) is 0 Å². The van der Waals surface area contributed by atoms with Crippen molar-refractivity contribution in [2.24, 2.45) is 17.8 Å². The number of methoxy groups -OCH3 is 1. The highest BCUT2D eigenvalue weighted by molar-refractivity contribution is 5.94. The summed E-state index contributed by atoms with van der Waals surface area (Å²) in [6, 6.07) is 6.23. The van der Waals surface area contributed by atoms with Crippen molar-refractivity contribution < 1.29 is 37.0 Å². The molecule has 2 aromatic carbocycles. The van der Waals surface area contributed by atoms with Crippen molar-refractivity contribution in [2.45, 2.75) is 82.2 Å². The second-order valence-corrected chi connectivity index (χ2v) is 14.1. The minimum Gasteiger partial charge on any atom is -0.508 e. The Morgan fingerprint density at radius 2 is 1.95 bits per heavy atom. The first-order chi connectivity index (χ1) is 20.9. The normalized spacial score (nSPS) is 31.4. The van der Waals surface area contributed by atoms with E-state index in [-0.39, 0.29) is 23.3 Å². The highest BCUT2D eigenvalue weighted by atomic mass is 19.4. The Balaban J connectivity index is 1.22. The fourth-order valence-electron chi connectivity index (χ4n) is 9.39. The fourth-order valence-corrected chi connectivity index (χ4v) is 9.39. The summed E-state index contributed by atoms with van der Waals surface area (Å²) < 4.78 is 52.4. The molecule has 44 heavy (non-hydrogen) atoms. The molecule has 3 fully saturated rings. The number of rotatable bonds is 6. The van der Waals surface area contributed by atoms with Crippen molar-refractivity contribution in [3.8, 4) is 29.1 Å². The average molecular weight is 610 g/mol. The third-order valence-corrected chi connectivity index (χ3v) is 11.0. The molecule has 5 aliphatic rings. The number of piperidine rings is 1. The minimum atomic E-state index is -4.43. The minimum absolute atomic E-state index is 0.261. The lowest BCUT2D eigenvalue weighted by molar-refractivity contribution is -0.966. The van der Waals surface area contributed by atoms with Crippen LogP contribution in [0, 0.1) is 29.6 Å². The molecule has 6 atom stereocenters. The molecule has 2 aromatic rings. The second kappa shape index (κ2) is 10.3. The van der Waals surface area contributed by atoms with Crippen molar-refractivity contribution in [1.82, 2.24) is 5.32 Å². The fraction of sp³-hybridized carbons (Fsp3) is 0.571. The van der Waals surface area contributed by atoms with Crippen LogP contribution in [-0.2, 0) is 22.8 Å². The molecule has 9 heteroatoms. The summed E-state index contributed by atoms with van der Waals surface area (Å²) in [5, 5.41) is 14.5. The summed E-state index contributed by atoms with van der Waals surface area (Å²) in [4.78, 5) is 13.1. The number of phenolic OH excluding ortho intramolecular Hbond substituents is 1. The molecular weight excluding hydrogens is 569 g/mol. The van der Waals surface area contributed by atoms with E-state index < -0.39 is 17.6 Å². The SMILES string of the molecule is COc1cc(O)c2c3c1O[C@H]1[C@@H](NC(=O)C#Cc4ccc(C(F)(F)F)cc4)CC[C@H]4[C@@H](C2)[N+](CC(C)C)(CC2CC2)CC[C@@]341. The zero-order valence-corrected chi connectivity index (χ0v) is 25.5. The predicted octanol–water partition coefficient (Wildman–Crippen LogP) is 5.58. The Kier molecular flexibility index (Phi) is 6.89. The number of alkyl halides is 3. The van der Waals surface area contributed by atoms with Gasteiger partial charge in [0.05, 0.1) is 49.8 Å². The second-order valence-electron chi connectivity index (χ2n) is 14.1. The molecule has 234 valence electrons. The standard InChI is InChI=1S/C35H39F3N2O4/c1-20(2)18-40(19-22-4-5-22)15-14-34-25-11-12-26(39-30(42)13-8-21-6-9-23(10-7-21)35(36,37)38)33(34)44-32-29(43-3)17-28(41)24(31(32)34)16-27(25)40/h6-7,9-10,17,20,22,25-27,33H,4-5,11-12,14-16,18-19H2,1-3H3,(H-,39,41,42)/p+1/t25-,26-,27+,33-,34-,40?/m0/s1. The molecule has 1 amide bonds. The largest absolute Gasteiger partial charge is 0.508 e. The van der Waals surface area contributed by atoms with Gasteiger partial charge in [-0.25, -0.2) is 0 Å². The Morgan fingerprint density at radius 3 is 2.61 bits per heavy atom. The Hall–Kier alpha value is -3.38. The number of halogens is 3. The van der Waals surface area contributed by atoms with E-state index in [4.69, 9.17) is 9.47 Å². The number of benzene rings is 2. The topological polar surface area (TPSA) is 67.8 Å². The number of nitrogens with zero attached hydrogens (tertiary/aromatic N) is 1. The number of quaternary nitrogens is 1. The molecule has 1 spiro atoms. The molecule has 2 heterocycles. The van der Waals surface area contributed by atoms with Crippen LogP contribution in [0.25, 0.3) is 0 Å². The quantitative estimate of drug-likeness (QED) is 0.332.